The minimum atomic E-state index is -0.0813. The molecular formula is C8H12N2OS2. The average molecular weight is 216 g/mol. The fraction of sp³-hybridized carbons (Fsp3) is 0.500. The molecule has 0 spiro atoms. The van der Waals surface area contributed by atoms with Crippen molar-refractivity contribution in [1.82, 2.24) is 9.13 Å². The molecule has 0 N–H and O–H groups in total. The summed E-state index contributed by atoms with van der Waals surface area (Å²) in [5, 5.41) is 0.627. The van der Waals surface area contributed by atoms with Crippen molar-refractivity contribution in [2.45, 2.75) is 32.0 Å². The van der Waals surface area contributed by atoms with E-state index in [1.54, 1.807) is 4.57 Å². The van der Waals surface area contributed by atoms with Gasteiger partial charge in [-0.15, -0.1) is 12.6 Å². The SMILES string of the molecule is CCn1c(S)cc(=O)n(CC)c1=S. The molecule has 0 aliphatic rings. The van der Waals surface area contributed by atoms with E-state index in [-0.39, 0.29) is 5.56 Å². The van der Waals surface area contributed by atoms with Crippen molar-refractivity contribution >= 4 is 24.8 Å². The molecule has 0 radical (unpaired) electrons. The normalized spacial score (nSPS) is 10.4. The van der Waals surface area contributed by atoms with Crippen LogP contribution in [0.4, 0.5) is 0 Å². The molecule has 5 heteroatoms. The lowest BCUT2D eigenvalue weighted by Gasteiger charge is -2.10. The zero-order chi connectivity index (χ0) is 10.0. The summed E-state index contributed by atoms with van der Waals surface area (Å²) in [5.41, 5.74) is -0.0813. The lowest BCUT2D eigenvalue weighted by molar-refractivity contribution is 0.573. The first-order valence-electron chi connectivity index (χ1n) is 4.15. The summed E-state index contributed by atoms with van der Waals surface area (Å²) in [5.74, 6) is 0. The molecule has 1 aromatic heterocycles. The highest BCUT2D eigenvalue weighted by molar-refractivity contribution is 7.80. The quantitative estimate of drug-likeness (QED) is 0.463. The molecule has 0 amide bonds. The Hall–Kier alpha value is -0.550. The Morgan fingerprint density at radius 1 is 1.38 bits per heavy atom. The van der Waals surface area contributed by atoms with Gasteiger partial charge >= 0.3 is 0 Å². The zero-order valence-electron chi connectivity index (χ0n) is 7.65. The third-order valence-corrected chi connectivity index (χ3v) is 2.70. The fourth-order valence-electron chi connectivity index (χ4n) is 1.19. The van der Waals surface area contributed by atoms with E-state index in [0.717, 1.165) is 6.54 Å². The molecule has 0 saturated heterocycles. The van der Waals surface area contributed by atoms with Crippen molar-refractivity contribution < 1.29 is 0 Å². The van der Waals surface area contributed by atoms with Crippen LogP contribution in [0.5, 0.6) is 0 Å². The maximum Gasteiger partial charge on any atom is 0.255 e. The minimum Gasteiger partial charge on any atom is -0.313 e. The fourth-order valence-corrected chi connectivity index (χ4v) is 2.05. The van der Waals surface area contributed by atoms with E-state index in [2.05, 4.69) is 12.6 Å². The van der Waals surface area contributed by atoms with Gasteiger partial charge in [0.15, 0.2) is 4.77 Å². The number of hydrogen-bond acceptors (Lipinski definition) is 3. The van der Waals surface area contributed by atoms with Crippen LogP contribution in [0.1, 0.15) is 13.8 Å². The van der Waals surface area contributed by atoms with Gasteiger partial charge in [-0.2, -0.15) is 0 Å². The van der Waals surface area contributed by atoms with Gasteiger partial charge in [-0.05, 0) is 26.1 Å². The molecular weight excluding hydrogens is 204 g/mol. The van der Waals surface area contributed by atoms with Crippen LogP contribution in [0.3, 0.4) is 0 Å². The smallest absolute Gasteiger partial charge is 0.255 e. The predicted molar refractivity (Wildman–Crippen MR) is 58.1 cm³/mol. The van der Waals surface area contributed by atoms with E-state index in [1.807, 2.05) is 18.4 Å². The maximum absolute atomic E-state index is 11.4. The monoisotopic (exact) mass is 216 g/mol. The molecule has 3 nitrogen and oxygen atoms in total. The van der Waals surface area contributed by atoms with Gasteiger partial charge in [-0.25, -0.2) is 0 Å². The Morgan fingerprint density at radius 2 is 1.92 bits per heavy atom. The van der Waals surface area contributed by atoms with Crippen LogP contribution in [0.25, 0.3) is 0 Å². The topological polar surface area (TPSA) is 26.9 Å². The van der Waals surface area contributed by atoms with Crippen LogP contribution in [-0.2, 0) is 13.1 Å². The highest BCUT2D eigenvalue weighted by atomic mass is 32.1. The molecule has 13 heavy (non-hydrogen) atoms. The lowest BCUT2D eigenvalue weighted by Crippen LogP contribution is -2.23. The highest BCUT2D eigenvalue weighted by Crippen LogP contribution is 2.04. The molecule has 0 aromatic carbocycles. The van der Waals surface area contributed by atoms with Crippen LogP contribution < -0.4 is 5.56 Å². The van der Waals surface area contributed by atoms with Crippen molar-refractivity contribution in [3.8, 4) is 0 Å². The Kier molecular flexibility index (Phi) is 3.33. The standard InChI is InChI=1S/C8H12N2OS2/c1-3-9-6(11)5-7(12)10(4-2)8(9)13/h5,12H,3-4H2,1-2H3. The van der Waals surface area contributed by atoms with Crippen LogP contribution in [0, 0.1) is 4.77 Å². The van der Waals surface area contributed by atoms with E-state index in [9.17, 15) is 4.79 Å². The molecule has 72 valence electrons. The van der Waals surface area contributed by atoms with Gasteiger partial charge in [-0.3, -0.25) is 9.36 Å². The van der Waals surface area contributed by atoms with Gasteiger partial charge in [0.25, 0.3) is 5.56 Å². The number of thiol groups is 1. The number of hydrogen-bond donors (Lipinski definition) is 1. The van der Waals surface area contributed by atoms with Crippen molar-refractivity contribution in [3.63, 3.8) is 0 Å². The Bertz CT molecular complexity index is 419. The van der Waals surface area contributed by atoms with Gasteiger partial charge in [0, 0.05) is 19.2 Å². The van der Waals surface area contributed by atoms with E-state index in [1.165, 1.54) is 6.07 Å². The van der Waals surface area contributed by atoms with E-state index >= 15 is 0 Å². The maximum atomic E-state index is 11.4. The van der Waals surface area contributed by atoms with Crippen LogP contribution in [-0.4, -0.2) is 9.13 Å². The summed E-state index contributed by atoms with van der Waals surface area (Å²) in [4.78, 5) is 11.4. The molecule has 1 aromatic rings. The van der Waals surface area contributed by atoms with Gasteiger partial charge in [0.05, 0.1) is 5.03 Å². The van der Waals surface area contributed by atoms with Gasteiger partial charge in [0.1, 0.15) is 0 Å². The largest absolute Gasteiger partial charge is 0.313 e. The first-order valence-corrected chi connectivity index (χ1v) is 5.01. The van der Waals surface area contributed by atoms with Crippen LogP contribution in [0.15, 0.2) is 15.9 Å². The minimum absolute atomic E-state index is 0.0813. The summed E-state index contributed by atoms with van der Waals surface area (Å²) < 4.78 is 3.92. The Morgan fingerprint density at radius 3 is 2.38 bits per heavy atom. The van der Waals surface area contributed by atoms with Gasteiger partial charge < -0.3 is 4.57 Å². The van der Waals surface area contributed by atoms with Gasteiger partial charge in [0.2, 0.25) is 0 Å². The summed E-state index contributed by atoms with van der Waals surface area (Å²) in [6, 6.07) is 1.49. The lowest BCUT2D eigenvalue weighted by atomic mass is 10.5. The third-order valence-electron chi connectivity index (χ3n) is 1.89. The first-order chi connectivity index (χ1) is 6.11. The van der Waals surface area contributed by atoms with E-state index in [0.29, 0.717) is 16.3 Å². The Labute approximate surface area is 87.4 Å². The van der Waals surface area contributed by atoms with E-state index < -0.39 is 0 Å². The van der Waals surface area contributed by atoms with Crippen molar-refractivity contribution in [1.29, 1.82) is 0 Å². The molecule has 0 bridgehead atoms. The second kappa shape index (κ2) is 4.11. The molecule has 1 heterocycles. The number of rotatable bonds is 2. The predicted octanol–water partition coefficient (Wildman–Crippen LogP) is 1.71. The van der Waals surface area contributed by atoms with Crippen LogP contribution >= 0.6 is 24.8 Å². The molecule has 0 aliphatic carbocycles. The zero-order valence-corrected chi connectivity index (χ0v) is 9.36. The second-order valence-corrected chi connectivity index (χ2v) is 3.44. The van der Waals surface area contributed by atoms with Crippen LogP contribution in [0.2, 0.25) is 0 Å². The number of aromatic nitrogens is 2. The summed E-state index contributed by atoms with van der Waals surface area (Å²) in [6.07, 6.45) is 0. The molecule has 0 unspecified atom stereocenters. The molecule has 0 fully saturated rings. The first kappa shape index (κ1) is 10.5. The van der Waals surface area contributed by atoms with Crippen molar-refractivity contribution in [3.05, 3.63) is 21.2 Å². The molecule has 0 aliphatic heterocycles. The van der Waals surface area contributed by atoms with Crippen molar-refractivity contribution in [2.24, 2.45) is 0 Å². The highest BCUT2D eigenvalue weighted by Gasteiger charge is 2.02. The molecule has 0 atom stereocenters. The molecule has 0 saturated carbocycles. The summed E-state index contributed by atoms with van der Waals surface area (Å²) >= 11 is 9.33. The van der Waals surface area contributed by atoms with Gasteiger partial charge in [-0.1, -0.05) is 0 Å². The van der Waals surface area contributed by atoms with Crippen molar-refractivity contribution in [2.75, 3.05) is 0 Å². The summed E-state index contributed by atoms with van der Waals surface area (Å²) in [7, 11) is 0. The average Bonchev–Trinajstić information content (AvgIpc) is 2.04. The Balaban J connectivity index is 3.59. The third kappa shape index (κ3) is 1.86. The second-order valence-electron chi connectivity index (χ2n) is 2.61. The summed E-state index contributed by atoms with van der Waals surface area (Å²) in [6.45, 7) is 5.21. The van der Waals surface area contributed by atoms with E-state index in [4.69, 9.17) is 12.2 Å². The molecule has 1 rings (SSSR count). The number of nitrogens with zero attached hydrogens (tertiary/aromatic N) is 2.